The van der Waals surface area contributed by atoms with E-state index in [2.05, 4.69) is 24.1 Å². The summed E-state index contributed by atoms with van der Waals surface area (Å²) in [7, 11) is 0. The Labute approximate surface area is 126 Å². The number of nitrogens with zero attached hydrogens (tertiary/aromatic N) is 2. The predicted octanol–water partition coefficient (Wildman–Crippen LogP) is 2.91. The van der Waals surface area contributed by atoms with Crippen LogP contribution < -0.4 is 5.32 Å². The number of hydrogen-bond acceptors (Lipinski definition) is 3. The predicted molar refractivity (Wildman–Crippen MR) is 82.3 cm³/mol. The van der Waals surface area contributed by atoms with Gasteiger partial charge in [0, 0.05) is 24.7 Å². The lowest BCUT2D eigenvalue weighted by Gasteiger charge is -2.32. The Morgan fingerprint density at radius 2 is 2.10 bits per heavy atom. The van der Waals surface area contributed by atoms with Crippen LogP contribution in [0, 0.1) is 23.1 Å². The Kier molecular flexibility index (Phi) is 5.72. The van der Waals surface area contributed by atoms with Crippen LogP contribution in [0.5, 0.6) is 0 Å². The van der Waals surface area contributed by atoms with Gasteiger partial charge >= 0.3 is 0 Å². The molecule has 0 aliphatic carbocycles. The largest absolute Gasteiger partial charge is 0.317 e. The van der Waals surface area contributed by atoms with E-state index >= 15 is 0 Å². The van der Waals surface area contributed by atoms with Gasteiger partial charge in [0.05, 0.1) is 11.6 Å². The molecule has 1 aliphatic rings. The number of nitriles is 1. The average molecular weight is 289 g/mol. The van der Waals surface area contributed by atoms with Crippen LogP contribution in [0.25, 0.3) is 0 Å². The summed E-state index contributed by atoms with van der Waals surface area (Å²) in [5, 5.41) is 12.2. The average Bonchev–Trinajstić information content (AvgIpc) is 2.49. The first-order valence-electron chi connectivity index (χ1n) is 7.73. The van der Waals surface area contributed by atoms with Crippen molar-refractivity contribution in [2.24, 2.45) is 5.92 Å². The number of benzene rings is 1. The maximum absolute atomic E-state index is 14.1. The molecule has 0 unspecified atom stereocenters. The molecular formula is C17H24FN3. The van der Waals surface area contributed by atoms with Crippen molar-refractivity contribution >= 4 is 0 Å². The molecule has 4 heteroatoms. The molecule has 0 spiro atoms. The van der Waals surface area contributed by atoms with E-state index in [1.165, 1.54) is 18.9 Å². The van der Waals surface area contributed by atoms with Crippen LogP contribution in [0.15, 0.2) is 18.2 Å². The second kappa shape index (κ2) is 7.53. The third-order valence-electron chi connectivity index (χ3n) is 4.24. The lowest BCUT2D eigenvalue weighted by Crippen LogP contribution is -2.39. The SMILES string of the molecule is CC(C)N(Cc1ccc(C#N)cc1F)CC1CCNCC1. The summed E-state index contributed by atoms with van der Waals surface area (Å²) >= 11 is 0. The standard InChI is InChI=1S/C17H24FN3/c1-13(2)21(11-14-5-7-20-8-6-14)12-16-4-3-15(10-19)9-17(16)18/h3-4,9,13-14,20H,5-8,11-12H2,1-2H3. The highest BCUT2D eigenvalue weighted by atomic mass is 19.1. The molecule has 114 valence electrons. The van der Waals surface area contributed by atoms with Crippen molar-refractivity contribution in [3.63, 3.8) is 0 Å². The van der Waals surface area contributed by atoms with Crippen molar-refractivity contribution in [2.75, 3.05) is 19.6 Å². The van der Waals surface area contributed by atoms with E-state index in [0.717, 1.165) is 19.6 Å². The summed E-state index contributed by atoms with van der Waals surface area (Å²) in [5.41, 5.74) is 1.06. The van der Waals surface area contributed by atoms with E-state index in [4.69, 9.17) is 5.26 Å². The first kappa shape index (κ1) is 15.9. The molecule has 1 aromatic carbocycles. The quantitative estimate of drug-likeness (QED) is 0.906. The molecule has 1 fully saturated rings. The van der Waals surface area contributed by atoms with Crippen molar-refractivity contribution in [3.8, 4) is 6.07 Å². The van der Waals surface area contributed by atoms with Crippen LogP contribution in [0.2, 0.25) is 0 Å². The smallest absolute Gasteiger partial charge is 0.129 e. The Morgan fingerprint density at radius 3 is 2.67 bits per heavy atom. The van der Waals surface area contributed by atoms with Crippen LogP contribution in [0.1, 0.15) is 37.8 Å². The summed E-state index contributed by atoms with van der Waals surface area (Å²) in [6.07, 6.45) is 2.39. The van der Waals surface area contributed by atoms with Crippen molar-refractivity contribution in [1.29, 1.82) is 5.26 Å². The number of halogens is 1. The van der Waals surface area contributed by atoms with Gasteiger partial charge < -0.3 is 5.32 Å². The molecule has 0 atom stereocenters. The fourth-order valence-corrected chi connectivity index (χ4v) is 2.82. The number of piperidine rings is 1. The minimum Gasteiger partial charge on any atom is -0.317 e. The van der Waals surface area contributed by atoms with Gasteiger partial charge in [-0.3, -0.25) is 4.90 Å². The highest BCUT2D eigenvalue weighted by Crippen LogP contribution is 2.19. The molecule has 3 nitrogen and oxygen atoms in total. The van der Waals surface area contributed by atoms with Crippen LogP contribution >= 0.6 is 0 Å². The van der Waals surface area contributed by atoms with Gasteiger partial charge in [0.2, 0.25) is 0 Å². The zero-order valence-corrected chi connectivity index (χ0v) is 12.9. The summed E-state index contributed by atoms with van der Waals surface area (Å²) in [6.45, 7) is 8.10. The molecule has 1 heterocycles. The van der Waals surface area contributed by atoms with Gasteiger partial charge in [-0.25, -0.2) is 4.39 Å². The fraction of sp³-hybridized carbons (Fsp3) is 0.588. The molecule has 0 aromatic heterocycles. The molecule has 0 amide bonds. The molecule has 1 aromatic rings. The van der Waals surface area contributed by atoms with Crippen molar-refractivity contribution in [2.45, 2.75) is 39.3 Å². The van der Waals surface area contributed by atoms with Crippen molar-refractivity contribution in [1.82, 2.24) is 10.2 Å². The maximum Gasteiger partial charge on any atom is 0.129 e. The molecule has 2 rings (SSSR count). The normalized spacial score (nSPS) is 16.4. The van der Waals surface area contributed by atoms with E-state index in [0.29, 0.717) is 29.6 Å². The van der Waals surface area contributed by atoms with Gasteiger partial charge in [0.1, 0.15) is 5.82 Å². The van der Waals surface area contributed by atoms with Crippen LogP contribution in [0.3, 0.4) is 0 Å². The zero-order chi connectivity index (χ0) is 15.2. The highest BCUT2D eigenvalue weighted by Gasteiger charge is 2.20. The summed E-state index contributed by atoms with van der Waals surface area (Å²) < 4.78 is 14.1. The first-order valence-corrected chi connectivity index (χ1v) is 7.73. The van der Waals surface area contributed by atoms with Gasteiger partial charge in [-0.1, -0.05) is 6.07 Å². The van der Waals surface area contributed by atoms with Gasteiger partial charge in [-0.15, -0.1) is 0 Å². The van der Waals surface area contributed by atoms with E-state index in [-0.39, 0.29) is 5.82 Å². The minimum absolute atomic E-state index is 0.273. The van der Waals surface area contributed by atoms with Crippen molar-refractivity contribution in [3.05, 3.63) is 35.1 Å². The lowest BCUT2D eigenvalue weighted by atomic mass is 9.96. The third-order valence-corrected chi connectivity index (χ3v) is 4.24. The monoisotopic (exact) mass is 289 g/mol. The second-order valence-corrected chi connectivity index (χ2v) is 6.13. The van der Waals surface area contributed by atoms with Gasteiger partial charge in [0.15, 0.2) is 0 Å². The number of rotatable bonds is 5. The molecule has 1 aliphatic heterocycles. The van der Waals surface area contributed by atoms with Crippen LogP contribution in [-0.4, -0.2) is 30.6 Å². The van der Waals surface area contributed by atoms with Gasteiger partial charge in [0.25, 0.3) is 0 Å². The molecule has 1 N–H and O–H groups in total. The summed E-state index contributed by atoms with van der Waals surface area (Å²) in [6, 6.07) is 7.13. The fourth-order valence-electron chi connectivity index (χ4n) is 2.82. The second-order valence-electron chi connectivity index (χ2n) is 6.13. The molecule has 0 radical (unpaired) electrons. The Hall–Kier alpha value is -1.44. The number of hydrogen-bond donors (Lipinski definition) is 1. The van der Waals surface area contributed by atoms with Gasteiger partial charge in [-0.2, -0.15) is 5.26 Å². The van der Waals surface area contributed by atoms with E-state index in [9.17, 15) is 4.39 Å². The van der Waals surface area contributed by atoms with E-state index in [1.807, 2.05) is 6.07 Å². The number of nitrogens with one attached hydrogen (secondary N) is 1. The molecule has 0 bridgehead atoms. The molecular weight excluding hydrogens is 265 g/mol. The molecule has 21 heavy (non-hydrogen) atoms. The first-order chi connectivity index (χ1) is 10.1. The Balaban J connectivity index is 2.03. The van der Waals surface area contributed by atoms with Crippen LogP contribution in [-0.2, 0) is 6.54 Å². The van der Waals surface area contributed by atoms with E-state index < -0.39 is 0 Å². The van der Waals surface area contributed by atoms with E-state index in [1.54, 1.807) is 12.1 Å². The topological polar surface area (TPSA) is 39.1 Å². The Morgan fingerprint density at radius 1 is 1.38 bits per heavy atom. The third kappa shape index (κ3) is 4.52. The summed E-state index contributed by atoms with van der Waals surface area (Å²) in [5.74, 6) is 0.417. The van der Waals surface area contributed by atoms with Gasteiger partial charge in [-0.05, 0) is 57.8 Å². The molecule has 1 saturated heterocycles. The Bertz CT molecular complexity index is 501. The maximum atomic E-state index is 14.1. The van der Waals surface area contributed by atoms with Crippen LogP contribution in [0.4, 0.5) is 4.39 Å². The highest BCUT2D eigenvalue weighted by molar-refractivity contribution is 5.32. The zero-order valence-electron chi connectivity index (χ0n) is 12.9. The summed E-state index contributed by atoms with van der Waals surface area (Å²) in [4.78, 5) is 2.33. The van der Waals surface area contributed by atoms with Crippen molar-refractivity contribution < 1.29 is 4.39 Å². The minimum atomic E-state index is -0.273. The molecule has 0 saturated carbocycles. The lowest BCUT2D eigenvalue weighted by molar-refractivity contribution is 0.160.